The van der Waals surface area contributed by atoms with Crippen molar-refractivity contribution in [3.8, 4) is 17.3 Å². The molecular formula is C28H23N5O2S. The molecule has 0 saturated carbocycles. The number of carbonyl (C=O) groups is 1. The largest absolute Gasteiger partial charge is 0.461 e. The topological polar surface area (TPSA) is 77.9 Å². The molecule has 3 heterocycles. The number of hydrogen-bond donors (Lipinski definition) is 1. The Bertz CT molecular complexity index is 1670. The highest BCUT2D eigenvalue weighted by Crippen LogP contribution is 2.32. The number of nitrogens with zero attached hydrogens (tertiary/aromatic N) is 4. The van der Waals surface area contributed by atoms with Gasteiger partial charge in [-0.3, -0.25) is 9.36 Å². The molecule has 0 saturated heterocycles. The third kappa shape index (κ3) is 3.95. The monoisotopic (exact) mass is 493 g/mol. The first-order valence-corrected chi connectivity index (χ1v) is 12.7. The molecule has 0 aliphatic heterocycles. The van der Waals surface area contributed by atoms with E-state index in [4.69, 9.17) is 4.42 Å². The van der Waals surface area contributed by atoms with E-state index < -0.39 is 0 Å². The predicted octanol–water partition coefficient (Wildman–Crippen LogP) is 6.39. The van der Waals surface area contributed by atoms with Crippen molar-refractivity contribution in [1.82, 2.24) is 19.3 Å². The maximum Gasteiger partial charge on any atom is 0.234 e. The van der Waals surface area contributed by atoms with Crippen molar-refractivity contribution in [2.45, 2.75) is 18.6 Å². The molecule has 0 unspecified atom stereocenters. The summed E-state index contributed by atoms with van der Waals surface area (Å²) in [5, 5.41) is 14.7. The van der Waals surface area contributed by atoms with Gasteiger partial charge in [0.2, 0.25) is 11.7 Å². The summed E-state index contributed by atoms with van der Waals surface area (Å²) in [6, 6.07) is 27.9. The van der Waals surface area contributed by atoms with Crippen LogP contribution in [0.3, 0.4) is 0 Å². The number of anilines is 1. The normalized spacial score (nSPS) is 11.4. The third-order valence-electron chi connectivity index (χ3n) is 6.09. The Morgan fingerprint density at radius 2 is 1.72 bits per heavy atom. The highest BCUT2D eigenvalue weighted by molar-refractivity contribution is 7.99. The van der Waals surface area contributed by atoms with Crippen molar-refractivity contribution in [3.63, 3.8) is 0 Å². The molecule has 178 valence electrons. The van der Waals surface area contributed by atoms with Crippen molar-refractivity contribution in [2.24, 2.45) is 0 Å². The summed E-state index contributed by atoms with van der Waals surface area (Å²) in [4.78, 5) is 12.9. The number of hydrogen-bond acceptors (Lipinski definition) is 5. The molecule has 0 bridgehead atoms. The number of para-hydroxylation sites is 2. The SMILES string of the molecule is CCn1c2ccccc2c2cc(NC(=O)CSc3nnc(-c4ccco4)n3-c3ccccc3)ccc21. The zero-order valence-electron chi connectivity index (χ0n) is 19.6. The van der Waals surface area contributed by atoms with Gasteiger partial charge in [-0.05, 0) is 55.5 Å². The van der Waals surface area contributed by atoms with E-state index in [-0.39, 0.29) is 11.7 Å². The number of aryl methyl sites for hydroxylation is 1. The van der Waals surface area contributed by atoms with Crippen LogP contribution >= 0.6 is 11.8 Å². The second-order valence-corrected chi connectivity index (χ2v) is 9.23. The molecule has 0 aliphatic rings. The van der Waals surface area contributed by atoms with Crippen LogP contribution in [0.25, 0.3) is 39.1 Å². The molecule has 1 amide bonds. The van der Waals surface area contributed by atoms with Gasteiger partial charge in [0.05, 0.1) is 12.0 Å². The molecular weight excluding hydrogens is 470 g/mol. The highest BCUT2D eigenvalue weighted by Gasteiger charge is 2.19. The lowest BCUT2D eigenvalue weighted by molar-refractivity contribution is -0.113. The van der Waals surface area contributed by atoms with Crippen LogP contribution in [0.4, 0.5) is 5.69 Å². The number of carbonyl (C=O) groups excluding carboxylic acids is 1. The van der Waals surface area contributed by atoms with E-state index in [1.807, 2.05) is 65.2 Å². The minimum absolute atomic E-state index is 0.110. The maximum atomic E-state index is 12.9. The third-order valence-corrected chi connectivity index (χ3v) is 7.02. The summed E-state index contributed by atoms with van der Waals surface area (Å²) in [7, 11) is 0. The molecule has 3 aromatic heterocycles. The predicted molar refractivity (Wildman–Crippen MR) is 144 cm³/mol. The molecule has 3 aromatic carbocycles. The van der Waals surface area contributed by atoms with Gasteiger partial charge in [0.15, 0.2) is 10.9 Å². The molecule has 0 fully saturated rings. The molecule has 36 heavy (non-hydrogen) atoms. The van der Waals surface area contributed by atoms with Crippen LogP contribution in [0, 0.1) is 0 Å². The molecule has 0 aliphatic carbocycles. The maximum absolute atomic E-state index is 12.9. The first-order valence-electron chi connectivity index (χ1n) is 11.7. The van der Waals surface area contributed by atoms with Crippen molar-refractivity contribution in [2.75, 3.05) is 11.1 Å². The molecule has 0 radical (unpaired) electrons. The van der Waals surface area contributed by atoms with E-state index in [9.17, 15) is 4.79 Å². The summed E-state index contributed by atoms with van der Waals surface area (Å²) in [5.41, 5.74) is 4.02. The number of amides is 1. The molecule has 8 heteroatoms. The van der Waals surface area contributed by atoms with Gasteiger partial charge in [0.25, 0.3) is 0 Å². The van der Waals surface area contributed by atoms with E-state index in [1.165, 1.54) is 22.7 Å². The lowest BCUT2D eigenvalue weighted by Gasteiger charge is -2.09. The second kappa shape index (κ2) is 9.39. The number of aromatic nitrogens is 4. The number of benzene rings is 3. The fourth-order valence-corrected chi connectivity index (χ4v) is 5.29. The number of rotatable bonds is 7. The standard InChI is InChI=1S/C28H23N5O2S/c1-2-32-23-12-7-6-11-21(23)22-17-19(14-15-24(22)32)29-26(34)18-36-28-31-30-27(25-13-8-16-35-25)33(28)20-9-4-3-5-10-20/h3-17H,2,18H2,1H3,(H,29,34). The zero-order valence-corrected chi connectivity index (χ0v) is 20.4. The summed E-state index contributed by atoms with van der Waals surface area (Å²) >= 11 is 1.33. The smallest absolute Gasteiger partial charge is 0.234 e. The van der Waals surface area contributed by atoms with Gasteiger partial charge in [-0.15, -0.1) is 10.2 Å². The molecule has 0 atom stereocenters. The highest BCUT2D eigenvalue weighted by atomic mass is 32.2. The summed E-state index contributed by atoms with van der Waals surface area (Å²) in [6.07, 6.45) is 1.61. The molecule has 1 N–H and O–H groups in total. The summed E-state index contributed by atoms with van der Waals surface area (Å²) < 4.78 is 9.76. The molecule has 6 rings (SSSR count). The van der Waals surface area contributed by atoms with Crippen molar-refractivity contribution < 1.29 is 9.21 Å². The Morgan fingerprint density at radius 1 is 0.917 bits per heavy atom. The fraction of sp³-hybridized carbons (Fsp3) is 0.107. The van der Waals surface area contributed by atoms with Crippen LogP contribution in [-0.4, -0.2) is 31.0 Å². The average molecular weight is 494 g/mol. The number of fused-ring (bicyclic) bond motifs is 3. The Balaban J connectivity index is 1.24. The Labute approximate surface area is 211 Å². The van der Waals surface area contributed by atoms with Gasteiger partial charge in [-0.25, -0.2) is 0 Å². The van der Waals surface area contributed by atoms with Crippen LogP contribution in [0.1, 0.15) is 6.92 Å². The van der Waals surface area contributed by atoms with Gasteiger partial charge >= 0.3 is 0 Å². The van der Waals surface area contributed by atoms with E-state index in [1.54, 1.807) is 6.26 Å². The minimum Gasteiger partial charge on any atom is -0.461 e. The van der Waals surface area contributed by atoms with E-state index in [0.29, 0.717) is 16.7 Å². The number of nitrogens with one attached hydrogen (secondary N) is 1. The van der Waals surface area contributed by atoms with Crippen molar-refractivity contribution >= 4 is 45.2 Å². The van der Waals surface area contributed by atoms with Crippen LogP contribution in [0.15, 0.2) is 101 Å². The summed E-state index contributed by atoms with van der Waals surface area (Å²) in [6.45, 7) is 3.03. The quantitative estimate of drug-likeness (QED) is 0.261. The average Bonchev–Trinajstić information content (AvgIpc) is 3.65. The van der Waals surface area contributed by atoms with Crippen LogP contribution in [-0.2, 0) is 11.3 Å². The van der Waals surface area contributed by atoms with Crippen LogP contribution < -0.4 is 5.32 Å². The van der Waals surface area contributed by atoms with Crippen molar-refractivity contribution in [3.05, 3.63) is 91.2 Å². The Morgan fingerprint density at radius 3 is 2.53 bits per heavy atom. The van der Waals surface area contributed by atoms with Gasteiger partial charge in [-0.2, -0.15) is 0 Å². The van der Waals surface area contributed by atoms with E-state index in [2.05, 4.69) is 51.3 Å². The van der Waals surface area contributed by atoms with Crippen LogP contribution in [0.5, 0.6) is 0 Å². The van der Waals surface area contributed by atoms with Crippen LogP contribution in [0.2, 0.25) is 0 Å². The lowest BCUT2D eigenvalue weighted by atomic mass is 10.1. The Hall–Kier alpha value is -4.30. The van der Waals surface area contributed by atoms with Gasteiger partial charge < -0.3 is 14.3 Å². The second-order valence-electron chi connectivity index (χ2n) is 8.28. The molecule has 6 aromatic rings. The van der Waals surface area contributed by atoms with Gasteiger partial charge in [0, 0.05) is 39.7 Å². The van der Waals surface area contributed by atoms with Gasteiger partial charge in [-0.1, -0.05) is 48.2 Å². The lowest BCUT2D eigenvalue weighted by Crippen LogP contribution is -2.14. The first-order chi connectivity index (χ1) is 17.7. The first kappa shape index (κ1) is 22.2. The fourth-order valence-electron chi connectivity index (χ4n) is 4.54. The Kier molecular flexibility index (Phi) is 5.79. The number of furan rings is 1. The van der Waals surface area contributed by atoms with E-state index >= 15 is 0 Å². The number of thioether (sulfide) groups is 1. The molecule has 0 spiro atoms. The minimum atomic E-state index is -0.110. The van der Waals surface area contributed by atoms with Gasteiger partial charge in [0.1, 0.15) is 0 Å². The summed E-state index contributed by atoms with van der Waals surface area (Å²) in [5.74, 6) is 1.28. The zero-order chi connectivity index (χ0) is 24.5. The van der Waals surface area contributed by atoms with Crippen molar-refractivity contribution in [1.29, 1.82) is 0 Å². The molecule has 7 nitrogen and oxygen atoms in total. The van der Waals surface area contributed by atoms with E-state index in [0.717, 1.165) is 28.8 Å².